The summed E-state index contributed by atoms with van der Waals surface area (Å²) in [6.07, 6.45) is 9.81. The molecule has 0 heterocycles. The molecule has 0 saturated heterocycles. The average molecular weight is 212 g/mol. The van der Waals surface area contributed by atoms with Crippen LogP contribution in [0.25, 0.3) is 0 Å². The van der Waals surface area contributed by atoms with Crippen molar-refractivity contribution in [1.82, 2.24) is 0 Å². The second-order valence-electron chi connectivity index (χ2n) is 5.19. The first kappa shape index (κ1) is 15.0. The second-order valence-corrected chi connectivity index (χ2v) is 5.19. The third kappa shape index (κ3) is 6.22. The summed E-state index contributed by atoms with van der Waals surface area (Å²) in [6.45, 7) is 11.8. The van der Waals surface area contributed by atoms with Crippen molar-refractivity contribution < 1.29 is 0 Å². The van der Waals surface area contributed by atoms with E-state index in [1.165, 1.54) is 44.9 Å². The van der Waals surface area contributed by atoms with E-state index in [1.807, 2.05) is 0 Å². The number of rotatable bonds is 9. The van der Waals surface area contributed by atoms with Gasteiger partial charge < -0.3 is 0 Å². The van der Waals surface area contributed by atoms with E-state index in [4.69, 9.17) is 0 Å². The first-order chi connectivity index (χ1) is 7.19. The zero-order valence-corrected chi connectivity index (χ0v) is 11.7. The smallest absolute Gasteiger partial charge is 0.0394 e. The SMILES string of the molecule is CCCC(CC)CCC(C)C(CC)CC. The highest BCUT2D eigenvalue weighted by atomic mass is 14.2. The molecule has 0 nitrogen and oxygen atoms in total. The summed E-state index contributed by atoms with van der Waals surface area (Å²) in [7, 11) is 0. The van der Waals surface area contributed by atoms with Crippen LogP contribution in [0.4, 0.5) is 0 Å². The van der Waals surface area contributed by atoms with Crippen LogP contribution < -0.4 is 0 Å². The number of hydrogen-bond acceptors (Lipinski definition) is 0. The van der Waals surface area contributed by atoms with Gasteiger partial charge in [-0.1, -0.05) is 79.6 Å². The van der Waals surface area contributed by atoms with Crippen LogP contribution in [0.3, 0.4) is 0 Å². The van der Waals surface area contributed by atoms with Crippen LogP contribution in [0.15, 0.2) is 0 Å². The van der Waals surface area contributed by atoms with Crippen LogP contribution >= 0.6 is 0 Å². The maximum atomic E-state index is 2.45. The summed E-state index contributed by atoms with van der Waals surface area (Å²) in [5.41, 5.74) is 0. The van der Waals surface area contributed by atoms with Gasteiger partial charge in [-0.3, -0.25) is 0 Å². The van der Waals surface area contributed by atoms with Gasteiger partial charge in [-0.05, 0) is 17.8 Å². The Morgan fingerprint density at radius 1 is 0.733 bits per heavy atom. The van der Waals surface area contributed by atoms with Gasteiger partial charge in [0.05, 0.1) is 0 Å². The molecule has 0 saturated carbocycles. The first-order valence-electron chi connectivity index (χ1n) is 7.19. The molecule has 0 amide bonds. The topological polar surface area (TPSA) is 0 Å². The van der Waals surface area contributed by atoms with Crippen LogP contribution in [-0.4, -0.2) is 0 Å². The minimum absolute atomic E-state index is 0.936. The zero-order chi connectivity index (χ0) is 11.7. The van der Waals surface area contributed by atoms with Gasteiger partial charge in [-0.25, -0.2) is 0 Å². The molecule has 2 unspecified atom stereocenters. The number of hydrogen-bond donors (Lipinski definition) is 0. The van der Waals surface area contributed by atoms with Crippen LogP contribution in [0.5, 0.6) is 0 Å². The van der Waals surface area contributed by atoms with Crippen molar-refractivity contribution in [2.75, 3.05) is 0 Å². The molecule has 0 aromatic heterocycles. The maximum absolute atomic E-state index is 2.45. The Labute approximate surface area is 97.8 Å². The van der Waals surface area contributed by atoms with Gasteiger partial charge in [-0.15, -0.1) is 0 Å². The molecule has 15 heavy (non-hydrogen) atoms. The standard InChI is InChI=1S/C15H32/c1-6-10-14(7-2)12-11-13(5)15(8-3)9-4/h13-15H,6-12H2,1-5H3. The van der Waals surface area contributed by atoms with E-state index in [9.17, 15) is 0 Å². The van der Waals surface area contributed by atoms with Crippen molar-refractivity contribution in [1.29, 1.82) is 0 Å². The predicted octanol–water partition coefficient (Wildman–Crippen LogP) is 5.67. The fourth-order valence-corrected chi connectivity index (χ4v) is 2.79. The van der Waals surface area contributed by atoms with Crippen molar-refractivity contribution in [3.8, 4) is 0 Å². The highest BCUT2D eigenvalue weighted by molar-refractivity contribution is 4.66. The van der Waals surface area contributed by atoms with Gasteiger partial charge in [0, 0.05) is 0 Å². The average Bonchev–Trinajstić information content (AvgIpc) is 2.25. The van der Waals surface area contributed by atoms with Crippen LogP contribution in [0.1, 0.15) is 79.6 Å². The zero-order valence-electron chi connectivity index (χ0n) is 11.7. The van der Waals surface area contributed by atoms with Crippen LogP contribution in [0.2, 0.25) is 0 Å². The lowest BCUT2D eigenvalue weighted by atomic mass is 9.83. The molecule has 0 aromatic rings. The molecule has 0 heteroatoms. The Morgan fingerprint density at radius 2 is 1.33 bits per heavy atom. The van der Waals surface area contributed by atoms with Gasteiger partial charge in [0.2, 0.25) is 0 Å². The fraction of sp³-hybridized carbons (Fsp3) is 1.00. The third-order valence-corrected chi connectivity index (χ3v) is 4.16. The molecule has 0 rings (SSSR count). The first-order valence-corrected chi connectivity index (χ1v) is 7.19. The highest BCUT2D eigenvalue weighted by Gasteiger charge is 2.15. The Bertz CT molecular complexity index is 124. The quantitative estimate of drug-likeness (QED) is 0.462. The Kier molecular flexibility index (Phi) is 9.24. The highest BCUT2D eigenvalue weighted by Crippen LogP contribution is 2.27. The van der Waals surface area contributed by atoms with E-state index in [2.05, 4.69) is 34.6 Å². The molecule has 0 spiro atoms. The van der Waals surface area contributed by atoms with Crippen molar-refractivity contribution in [2.24, 2.45) is 17.8 Å². The third-order valence-electron chi connectivity index (χ3n) is 4.16. The lowest BCUT2D eigenvalue weighted by Crippen LogP contribution is -2.11. The van der Waals surface area contributed by atoms with Gasteiger partial charge in [0.15, 0.2) is 0 Å². The molecule has 0 aromatic carbocycles. The summed E-state index contributed by atoms with van der Waals surface area (Å²) in [6, 6.07) is 0. The van der Waals surface area contributed by atoms with Gasteiger partial charge in [0.1, 0.15) is 0 Å². The minimum atomic E-state index is 0.936. The van der Waals surface area contributed by atoms with Crippen molar-refractivity contribution in [2.45, 2.75) is 79.6 Å². The summed E-state index contributed by atoms with van der Waals surface area (Å²) in [5, 5.41) is 0. The van der Waals surface area contributed by atoms with Gasteiger partial charge in [0.25, 0.3) is 0 Å². The molecule has 0 aliphatic carbocycles. The molecule has 0 radical (unpaired) electrons. The lowest BCUT2D eigenvalue weighted by Gasteiger charge is -2.23. The van der Waals surface area contributed by atoms with Crippen molar-refractivity contribution >= 4 is 0 Å². The second kappa shape index (κ2) is 9.24. The molecule has 92 valence electrons. The van der Waals surface area contributed by atoms with E-state index in [1.54, 1.807) is 0 Å². The van der Waals surface area contributed by atoms with Gasteiger partial charge in [-0.2, -0.15) is 0 Å². The van der Waals surface area contributed by atoms with E-state index in [0.717, 1.165) is 17.8 Å². The van der Waals surface area contributed by atoms with E-state index in [-0.39, 0.29) is 0 Å². The Hall–Kier alpha value is 0. The largest absolute Gasteiger partial charge is 0.0654 e. The summed E-state index contributed by atoms with van der Waals surface area (Å²) in [4.78, 5) is 0. The minimum Gasteiger partial charge on any atom is -0.0654 e. The molecular weight excluding hydrogens is 180 g/mol. The molecule has 0 aliphatic rings. The monoisotopic (exact) mass is 212 g/mol. The molecule has 0 aliphatic heterocycles. The van der Waals surface area contributed by atoms with E-state index in [0.29, 0.717) is 0 Å². The predicted molar refractivity (Wildman–Crippen MR) is 71.2 cm³/mol. The maximum Gasteiger partial charge on any atom is -0.0394 e. The summed E-state index contributed by atoms with van der Waals surface area (Å²) >= 11 is 0. The van der Waals surface area contributed by atoms with Crippen LogP contribution in [0, 0.1) is 17.8 Å². The summed E-state index contributed by atoms with van der Waals surface area (Å²) < 4.78 is 0. The normalized spacial score (nSPS) is 15.6. The molecular formula is C15H32. The van der Waals surface area contributed by atoms with Crippen LogP contribution in [-0.2, 0) is 0 Å². The lowest BCUT2D eigenvalue weighted by molar-refractivity contribution is 0.284. The van der Waals surface area contributed by atoms with E-state index >= 15 is 0 Å². The fourth-order valence-electron chi connectivity index (χ4n) is 2.79. The Morgan fingerprint density at radius 3 is 1.73 bits per heavy atom. The molecule has 0 fully saturated rings. The van der Waals surface area contributed by atoms with E-state index < -0.39 is 0 Å². The molecule has 0 N–H and O–H groups in total. The molecule has 0 bridgehead atoms. The Balaban J connectivity index is 3.80. The van der Waals surface area contributed by atoms with Crippen molar-refractivity contribution in [3.63, 3.8) is 0 Å². The summed E-state index contributed by atoms with van der Waals surface area (Å²) in [5.74, 6) is 2.89. The van der Waals surface area contributed by atoms with Gasteiger partial charge >= 0.3 is 0 Å². The molecule has 2 atom stereocenters. The van der Waals surface area contributed by atoms with Crippen molar-refractivity contribution in [3.05, 3.63) is 0 Å².